The highest BCUT2D eigenvalue weighted by atomic mass is 31.2. The molecule has 576 valence electrons. The van der Waals surface area contributed by atoms with Gasteiger partial charge >= 0.3 is 39.5 Å². The third-order valence-corrected chi connectivity index (χ3v) is 20.7. The van der Waals surface area contributed by atoms with Crippen LogP contribution in [0.5, 0.6) is 0 Å². The fourth-order valence-corrected chi connectivity index (χ4v) is 13.4. The molecule has 0 rings (SSSR count). The molecule has 0 bridgehead atoms. The average Bonchev–Trinajstić information content (AvgIpc) is 1.20. The van der Waals surface area contributed by atoms with Crippen molar-refractivity contribution in [1.29, 1.82) is 0 Å². The minimum atomic E-state index is -4.96. The standard InChI is InChI=1S/C78H152O17P2/c1-9-70(7)56-48-40-32-26-22-23-27-33-42-50-58-75(80)88-64-73(94-77(82)60-52-44-34-28-20-16-14-12-11-13-15-18-24-30-38-46-54-68(3)4)66-92-96(84,85)90-62-72(79)63-91-97(86,87)93-67-74(65-89-76(81)59-51-43-37-36-41-49-57-71(8)10-2)95-78(83)61-53-45-35-29-21-17-19-25-31-39-47-55-69(5)6/h68-74,79H,9-67H2,1-8H3,(H,84,85)(H,86,87)/t70?,71?,72-,73-,74-/m1/s1. The predicted octanol–water partition coefficient (Wildman–Crippen LogP) is 22.8. The first-order valence-corrected chi connectivity index (χ1v) is 43.3. The van der Waals surface area contributed by atoms with Crippen LogP contribution in [-0.2, 0) is 65.4 Å². The van der Waals surface area contributed by atoms with Crippen molar-refractivity contribution in [2.45, 2.75) is 414 Å². The molecular weight excluding hydrogens is 1270 g/mol. The monoisotopic (exact) mass is 1420 g/mol. The lowest BCUT2D eigenvalue weighted by Crippen LogP contribution is -2.30. The Labute approximate surface area is 594 Å². The molecule has 17 nitrogen and oxygen atoms in total. The topological polar surface area (TPSA) is 237 Å². The summed E-state index contributed by atoms with van der Waals surface area (Å²) in [7, 11) is -9.92. The number of aliphatic hydroxyl groups excluding tert-OH is 1. The zero-order valence-corrected chi connectivity index (χ0v) is 65.5. The molecule has 0 aliphatic carbocycles. The number of aliphatic hydroxyl groups is 1. The van der Waals surface area contributed by atoms with Crippen LogP contribution in [0.25, 0.3) is 0 Å². The number of ether oxygens (including phenoxy) is 4. The molecule has 19 heteroatoms. The first-order chi connectivity index (χ1) is 46.7. The van der Waals surface area contributed by atoms with Crippen LogP contribution in [0.15, 0.2) is 0 Å². The molecule has 7 atom stereocenters. The van der Waals surface area contributed by atoms with Gasteiger partial charge in [-0.3, -0.25) is 37.3 Å². The molecule has 0 fully saturated rings. The molecule has 0 spiro atoms. The number of hydrogen-bond donors (Lipinski definition) is 3. The molecule has 0 aromatic rings. The Bertz CT molecular complexity index is 1910. The summed E-state index contributed by atoms with van der Waals surface area (Å²) in [6.07, 6.45) is 52.7. The normalized spacial score (nSPS) is 14.6. The van der Waals surface area contributed by atoms with Crippen molar-refractivity contribution in [2.75, 3.05) is 39.6 Å². The predicted molar refractivity (Wildman–Crippen MR) is 395 cm³/mol. The lowest BCUT2D eigenvalue weighted by molar-refractivity contribution is -0.161. The summed E-state index contributed by atoms with van der Waals surface area (Å²) in [5.41, 5.74) is 0. The van der Waals surface area contributed by atoms with Gasteiger partial charge < -0.3 is 33.8 Å². The van der Waals surface area contributed by atoms with Crippen molar-refractivity contribution in [1.82, 2.24) is 0 Å². The van der Waals surface area contributed by atoms with E-state index in [1.165, 1.54) is 193 Å². The highest BCUT2D eigenvalue weighted by Gasteiger charge is 2.30. The fraction of sp³-hybridized carbons (Fsp3) is 0.949. The van der Waals surface area contributed by atoms with Gasteiger partial charge in [0.2, 0.25) is 0 Å². The minimum absolute atomic E-state index is 0.105. The van der Waals surface area contributed by atoms with E-state index in [2.05, 4.69) is 55.4 Å². The Morgan fingerprint density at radius 1 is 0.289 bits per heavy atom. The third kappa shape index (κ3) is 69.5. The number of carbonyl (C=O) groups excluding carboxylic acids is 4. The quantitative estimate of drug-likeness (QED) is 0.0222. The Morgan fingerprint density at radius 2 is 0.495 bits per heavy atom. The van der Waals surface area contributed by atoms with Gasteiger partial charge in [-0.15, -0.1) is 0 Å². The highest BCUT2D eigenvalue weighted by Crippen LogP contribution is 2.45. The van der Waals surface area contributed by atoms with Crippen LogP contribution in [0.4, 0.5) is 0 Å². The summed E-state index contributed by atoms with van der Waals surface area (Å²) < 4.78 is 68.6. The second-order valence-corrected chi connectivity index (χ2v) is 32.4. The average molecular weight is 1420 g/mol. The van der Waals surface area contributed by atoms with E-state index in [1.807, 2.05) is 0 Å². The summed E-state index contributed by atoms with van der Waals surface area (Å²) in [5, 5.41) is 10.6. The summed E-state index contributed by atoms with van der Waals surface area (Å²) in [5.74, 6) is 0.996. The molecule has 3 N–H and O–H groups in total. The minimum Gasteiger partial charge on any atom is -0.462 e. The number of hydrogen-bond acceptors (Lipinski definition) is 15. The van der Waals surface area contributed by atoms with Crippen LogP contribution in [0, 0.1) is 23.7 Å². The van der Waals surface area contributed by atoms with Gasteiger partial charge in [-0.2, -0.15) is 0 Å². The van der Waals surface area contributed by atoms with Crippen molar-refractivity contribution in [3.05, 3.63) is 0 Å². The second-order valence-electron chi connectivity index (χ2n) is 29.5. The van der Waals surface area contributed by atoms with Gasteiger partial charge in [0.25, 0.3) is 0 Å². The van der Waals surface area contributed by atoms with E-state index in [9.17, 15) is 43.2 Å². The summed E-state index contributed by atoms with van der Waals surface area (Å²) in [6.45, 7) is 14.2. The van der Waals surface area contributed by atoms with E-state index in [0.717, 1.165) is 120 Å². The zero-order chi connectivity index (χ0) is 71.7. The lowest BCUT2D eigenvalue weighted by atomic mass is 9.99. The molecule has 0 heterocycles. The van der Waals surface area contributed by atoms with E-state index in [1.54, 1.807) is 0 Å². The lowest BCUT2D eigenvalue weighted by Gasteiger charge is -2.21. The molecule has 0 aromatic carbocycles. The van der Waals surface area contributed by atoms with Crippen LogP contribution >= 0.6 is 15.6 Å². The smallest absolute Gasteiger partial charge is 0.462 e. The van der Waals surface area contributed by atoms with E-state index < -0.39 is 97.5 Å². The van der Waals surface area contributed by atoms with Crippen molar-refractivity contribution < 1.29 is 80.2 Å². The van der Waals surface area contributed by atoms with Crippen molar-refractivity contribution >= 4 is 39.5 Å². The van der Waals surface area contributed by atoms with Gasteiger partial charge in [-0.1, -0.05) is 344 Å². The van der Waals surface area contributed by atoms with Crippen molar-refractivity contribution in [2.24, 2.45) is 23.7 Å². The largest absolute Gasteiger partial charge is 0.472 e. The fourth-order valence-electron chi connectivity index (χ4n) is 11.8. The number of unbranched alkanes of at least 4 members (excludes halogenated alkanes) is 39. The van der Waals surface area contributed by atoms with Crippen LogP contribution < -0.4 is 0 Å². The second kappa shape index (κ2) is 67.2. The van der Waals surface area contributed by atoms with Crippen molar-refractivity contribution in [3.8, 4) is 0 Å². The summed E-state index contributed by atoms with van der Waals surface area (Å²) >= 11 is 0. The van der Waals surface area contributed by atoms with E-state index in [-0.39, 0.29) is 25.7 Å². The summed E-state index contributed by atoms with van der Waals surface area (Å²) in [6, 6.07) is 0. The maximum Gasteiger partial charge on any atom is 0.472 e. The van der Waals surface area contributed by atoms with Gasteiger partial charge in [0.1, 0.15) is 19.3 Å². The van der Waals surface area contributed by atoms with Gasteiger partial charge in [0, 0.05) is 25.7 Å². The number of esters is 4. The van der Waals surface area contributed by atoms with Gasteiger partial charge in [-0.25, -0.2) is 9.13 Å². The Hall–Kier alpha value is -1.94. The highest BCUT2D eigenvalue weighted by molar-refractivity contribution is 7.47. The van der Waals surface area contributed by atoms with Crippen molar-refractivity contribution in [3.63, 3.8) is 0 Å². The molecule has 0 aliphatic heterocycles. The first kappa shape index (κ1) is 95.1. The third-order valence-electron chi connectivity index (χ3n) is 18.8. The molecule has 0 amide bonds. The number of carbonyl (C=O) groups is 4. The SMILES string of the molecule is CCC(C)CCCCCCCCCCCCC(=O)OC[C@H](COP(=O)(O)OC[C@@H](O)COP(=O)(O)OC[C@@H](COC(=O)CCCCCCCCC(C)CC)OC(=O)CCCCCCCCCCCCCC(C)C)OC(=O)CCCCCCCCCCCCCCCCCCC(C)C. The van der Waals surface area contributed by atoms with E-state index in [0.29, 0.717) is 25.7 Å². The zero-order valence-electron chi connectivity index (χ0n) is 63.7. The molecule has 0 aromatic heterocycles. The molecule has 97 heavy (non-hydrogen) atoms. The first-order valence-electron chi connectivity index (χ1n) is 40.3. The number of phosphoric ester groups is 2. The number of phosphoric acid groups is 2. The summed E-state index contributed by atoms with van der Waals surface area (Å²) in [4.78, 5) is 72.9. The van der Waals surface area contributed by atoms with Gasteiger partial charge in [0.05, 0.1) is 26.4 Å². The number of rotatable bonds is 75. The van der Waals surface area contributed by atoms with Crippen LogP contribution in [0.1, 0.15) is 396 Å². The Balaban J connectivity index is 5.25. The van der Waals surface area contributed by atoms with Gasteiger partial charge in [0.15, 0.2) is 12.2 Å². The van der Waals surface area contributed by atoms with E-state index >= 15 is 0 Å². The van der Waals surface area contributed by atoms with Crippen LogP contribution in [0.3, 0.4) is 0 Å². The van der Waals surface area contributed by atoms with E-state index in [4.69, 9.17) is 37.0 Å². The Morgan fingerprint density at radius 3 is 0.732 bits per heavy atom. The van der Waals surface area contributed by atoms with Crippen LogP contribution in [-0.4, -0.2) is 96.7 Å². The molecular formula is C78H152O17P2. The Kier molecular flexibility index (Phi) is 65.9. The maximum absolute atomic E-state index is 13.1. The van der Waals surface area contributed by atoms with Gasteiger partial charge in [-0.05, 0) is 49.4 Å². The molecule has 0 saturated heterocycles. The van der Waals surface area contributed by atoms with Crippen LogP contribution in [0.2, 0.25) is 0 Å². The maximum atomic E-state index is 13.1. The molecule has 0 radical (unpaired) electrons. The molecule has 0 saturated carbocycles. The molecule has 4 unspecified atom stereocenters. The molecule has 0 aliphatic rings.